The molecule has 0 amide bonds. The lowest BCUT2D eigenvalue weighted by molar-refractivity contribution is 0.623. The predicted octanol–water partition coefficient (Wildman–Crippen LogP) is 4.65. The summed E-state index contributed by atoms with van der Waals surface area (Å²) in [5.74, 6) is 2.86. The fourth-order valence-corrected chi connectivity index (χ4v) is 3.95. The van der Waals surface area contributed by atoms with Crippen molar-refractivity contribution in [3.63, 3.8) is 0 Å². The van der Waals surface area contributed by atoms with E-state index in [1.54, 1.807) is 0 Å². The van der Waals surface area contributed by atoms with Crippen LogP contribution in [-0.2, 0) is 13.0 Å². The minimum atomic E-state index is 0.535. The highest BCUT2D eigenvalue weighted by Gasteiger charge is 2.15. The number of hydrogen-bond acceptors (Lipinski definition) is 4. The Kier molecular flexibility index (Phi) is 5.29. The average molecular weight is 343 g/mol. The zero-order valence-corrected chi connectivity index (χ0v) is 15.6. The molecule has 0 atom stereocenters. The molecule has 0 fully saturated rings. The minimum absolute atomic E-state index is 0.535. The van der Waals surface area contributed by atoms with Gasteiger partial charge in [0.1, 0.15) is 11.3 Å². The maximum atomic E-state index is 6.18. The molecule has 0 aliphatic heterocycles. The van der Waals surface area contributed by atoms with E-state index in [1.165, 1.54) is 12.2 Å². The number of anilines is 1. The first-order valence-corrected chi connectivity index (χ1v) is 9.81. The van der Waals surface area contributed by atoms with Gasteiger partial charge in [0, 0.05) is 18.4 Å². The number of rotatable bonds is 7. The molecule has 3 rings (SSSR count). The van der Waals surface area contributed by atoms with Gasteiger partial charge in [0.15, 0.2) is 5.82 Å². The van der Waals surface area contributed by atoms with Gasteiger partial charge in [-0.15, -0.1) is 0 Å². The highest BCUT2D eigenvalue weighted by molar-refractivity contribution is 7.99. The summed E-state index contributed by atoms with van der Waals surface area (Å²) in [5, 5.41) is 1.85. The number of aromatic nitrogens is 3. The highest BCUT2D eigenvalue weighted by Crippen LogP contribution is 2.29. The highest BCUT2D eigenvalue weighted by atomic mass is 32.2. The van der Waals surface area contributed by atoms with Crippen LogP contribution in [0.3, 0.4) is 0 Å². The average Bonchev–Trinajstić information content (AvgIpc) is 2.94. The Hall–Kier alpha value is -1.75. The fraction of sp³-hybridized carbons (Fsp3) is 0.474. The summed E-state index contributed by atoms with van der Waals surface area (Å²) in [5.41, 5.74) is 9.12. The molecule has 0 saturated carbocycles. The number of thioether (sulfide) groups is 1. The number of unbranched alkanes of at least 4 members (excludes halogenated alkanes) is 1. The molecule has 0 unspecified atom stereocenters. The monoisotopic (exact) mass is 342 g/mol. The summed E-state index contributed by atoms with van der Waals surface area (Å²) in [6.45, 7) is 7.65. The Bertz CT molecular complexity index is 838. The van der Waals surface area contributed by atoms with Gasteiger partial charge in [0.05, 0.1) is 11.0 Å². The summed E-state index contributed by atoms with van der Waals surface area (Å²) in [6.07, 6.45) is 3.29. The molecule has 128 valence electrons. The molecule has 3 aromatic rings. The van der Waals surface area contributed by atoms with Crippen LogP contribution in [0, 0.1) is 0 Å². The summed E-state index contributed by atoms with van der Waals surface area (Å²) in [4.78, 5) is 9.30. The quantitative estimate of drug-likeness (QED) is 0.635. The van der Waals surface area contributed by atoms with Crippen molar-refractivity contribution in [1.82, 2.24) is 14.5 Å². The van der Waals surface area contributed by atoms with Crippen molar-refractivity contribution in [3.05, 3.63) is 30.1 Å². The van der Waals surface area contributed by atoms with Crippen molar-refractivity contribution in [1.29, 1.82) is 0 Å². The summed E-state index contributed by atoms with van der Waals surface area (Å²) in [7, 11) is 0. The molecule has 2 N–H and O–H groups in total. The summed E-state index contributed by atoms with van der Waals surface area (Å²) >= 11 is 2.03. The Balaban J connectivity index is 1.96. The van der Waals surface area contributed by atoms with Crippen LogP contribution in [0.1, 0.15) is 39.4 Å². The van der Waals surface area contributed by atoms with Crippen molar-refractivity contribution in [2.24, 2.45) is 0 Å². The third-order valence-corrected chi connectivity index (χ3v) is 5.42. The third-order valence-electron chi connectivity index (χ3n) is 4.23. The standard InChI is InChI=1S/C19H26N4S/c1-4-16-22-17-18(23(16)11-7-8-12-24-13(2)3)14-9-5-6-10-15(14)21-19(17)20/h5-6,9-10,13H,4,7-8,11-12H2,1-3H3,(H2,20,21). The van der Waals surface area contributed by atoms with Crippen molar-refractivity contribution in [2.45, 2.75) is 51.8 Å². The molecule has 0 radical (unpaired) electrons. The van der Waals surface area contributed by atoms with E-state index in [0.29, 0.717) is 11.1 Å². The first-order valence-electron chi connectivity index (χ1n) is 8.76. The number of aryl methyl sites for hydroxylation is 2. The van der Waals surface area contributed by atoms with E-state index in [-0.39, 0.29) is 0 Å². The number of pyridine rings is 1. The van der Waals surface area contributed by atoms with Crippen LogP contribution in [0.15, 0.2) is 24.3 Å². The smallest absolute Gasteiger partial charge is 0.152 e. The van der Waals surface area contributed by atoms with Gasteiger partial charge in [-0.3, -0.25) is 0 Å². The van der Waals surface area contributed by atoms with E-state index in [4.69, 9.17) is 10.7 Å². The lowest BCUT2D eigenvalue weighted by atomic mass is 10.2. The Morgan fingerprint density at radius 2 is 1.96 bits per heavy atom. The van der Waals surface area contributed by atoms with Gasteiger partial charge in [-0.2, -0.15) is 11.8 Å². The van der Waals surface area contributed by atoms with Gasteiger partial charge in [-0.1, -0.05) is 39.0 Å². The van der Waals surface area contributed by atoms with E-state index in [9.17, 15) is 0 Å². The lowest BCUT2D eigenvalue weighted by Gasteiger charge is -2.10. The lowest BCUT2D eigenvalue weighted by Crippen LogP contribution is -2.04. The first-order chi connectivity index (χ1) is 11.6. The van der Waals surface area contributed by atoms with Crippen LogP contribution >= 0.6 is 11.8 Å². The SMILES string of the molecule is CCc1nc2c(N)nc3ccccc3c2n1CCCCSC(C)C. The molecule has 0 saturated heterocycles. The number of fused-ring (bicyclic) bond motifs is 3. The van der Waals surface area contributed by atoms with Gasteiger partial charge in [0.2, 0.25) is 0 Å². The van der Waals surface area contributed by atoms with Gasteiger partial charge in [0.25, 0.3) is 0 Å². The summed E-state index contributed by atoms with van der Waals surface area (Å²) < 4.78 is 2.36. The van der Waals surface area contributed by atoms with Crippen molar-refractivity contribution >= 4 is 39.5 Å². The molecule has 4 nitrogen and oxygen atoms in total. The van der Waals surface area contributed by atoms with Gasteiger partial charge in [-0.05, 0) is 29.9 Å². The zero-order chi connectivity index (χ0) is 17.1. The molecule has 0 aliphatic rings. The van der Waals surface area contributed by atoms with Crippen LogP contribution in [0.5, 0.6) is 0 Å². The Morgan fingerprint density at radius 3 is 2.71 bits per heavy atom. The largest absolute Gasteiger partial charge is 0.382 e. The predicted molar refractivity (Wildman–Crippen MR) is 106 cm³/mol. The molecule has 2 heterocycles. The molecule has 0 bridgehead atoms. The number of nitrogens with zero attached hydrogens (tertiary/aromatic N) is 3. The number of para-hydroxylation sites is 1. The van der Waals surface area contributed by atoms with Crippen LogP contribution in [0.2, 0.25) is 0 Å². The number of nitrogens with two attached hydrogens (primary N) is 1. The maximum absolute atomic E-state index is 6.18. The van der Waals surface area contributed by atoms with E-state index < -0.39 is 0 Å². The van der Waals surface area contributed by atoms with Gasteiger partial charge < -0.3 is 10.3 Å². The van der Waals surface area contributed by atoms with Crippen LogP contribution in [0.4, 0.5) is 5.82 Å². The summed E-state index contributed by atoms with van der Waals surface area (Å²) in [6, 6.07) is 8.21. The topological polar surface area (TPSA) is 56.7 Å². The molecular formula is C19H26N4S. The molecule has 1 aromatic carbocycles. The van der Waals surface area contributed by atoms with Crippen molar-refractivity contribution < 1.29 is 0 Å². The first kappa shape index (κ1) is 17.1. The number of hydrogen-bond donors (Lipinski definition) is 1. The minimum Gasteiger partial charge on any atom is -0.382 e. The van der Waals surface area contributed by atoms with Crippen LogP contribution < -0.4 is 5.73 Å². The van der Waals surface area contributed by atoms with E-state index in [1.807, 2.05) is 23.9 Å². The maximum Gasteiger partial charge on any atom is 0.152 e. The van der Waals surface area contributed by atoms with Crippen molar-refractivity contribution in [3.8, 4) is 0 Å². The third kappa shape index (κ3) is 3.36. The second-order valence-corrected chi connectivity index (χ2v) is 8.06. The van der Waals surface area contributed by atoms with E-state index in [0.717, 1.165) is 47.1 Å². The second-order valence-electron chi connectivity index (χ2n) is 6.37. The molecular weight excluding hydrogens is 316 g/mol. The fourth-order valence-electron chi connectivity index (χ4n) is 3.11. The number of nitrogen functional groups attached to an aromatic ring is 1. The Morgan fingerprint density at radius 1 is 1.17 bits per heavy atom. The molecule has 5 heteroatoms. The number of benzene rings is 1. The van der Waals surface area contributed by atoms with E-state index >= 15 is 0 Å². The van der Waals surface area contributed by atoms with Gasteiger partial charge in [-0.25, -0.2) is 9.97 Å². The Labute approximate surface area is 147 Å². The number of imidazole rings is 1. The normalized spacial score (nSPS) is 11.8. The zero-order valence-electron chi connectivity index (χ0n) is 14.7. The molecule has 0 aliphatic carbocycles. The van der Waals surface area contributed by atoms with Crippen molar-refractivity contribution in [2.75, 3.05) is 11.5 Å². The van der Waals surface area contributed by atoms with Gasteiger partial charge >= 0.3 is 0 Å². The van der Waals surface area contributed by atoms with Crippen LogP contribution in [0.25, 0.3) is 21.9 Å². The van der Waals surface area contributed by atoms with E-state index in [2.05, 4.69) is 42.5 Å². The van der Waals surface area contributed by atoms with Crippen LogP contribution in [-0.4, -0.2) is 25.5 Å². The molecule has 24 heavy (non-hydrogen) atoms. The molecule has 0 spiro atoms. The second kappa shape index (κ2) is 7.43. The molecule has 2 aromatic heterocycles.